The van der Waals surface area contributed by atoms with Gasteiger partial charge in [-0.1, -0.05) is 6.58 Å². The minimum Gasteiger partial charge on any atom is -0.504 e. The van der Waals surface area contributed by atoms with Crippen LogP contribution in [-0.2, 0) is 4.74 Å². The number of rotatable bonds is 3. The predicted octanol–water partition coefficient (Wildman–Crippen LogP) is 2.49. The Bertz CT molecular complexity index is 342. The topological polar surface area (TPSA) is 49.7 Å². The van der Waals surface area contributed by atoms with Crippen molar-refractivity contribution in [3.8, 4) is 11.5 Å². The second-order valence-corrected chi connectivity index (χ2v) is 3.29. The Kier molecular flexibility index (Phi) is 3.02. The molecule has 0 fully saturated rings. The van der Waals surface area contributed by atoms with E-state index in [9.17, 15) is 5.11 Å². The SMILES string of the molecule is C=C(OC(C)C)c1ccc(O)c(O)c1. The average Bonchev–Trinajstić information content (AvgIpc) is 2.08. The first-order valence-electron chi connectivity index (χ1n) is 4.38. The third-order valence-corrected chi connectivity index (χ3v) is 1.68. The van der Waals surface area contributed by atoms with Crippen molar-refractivity contribution in [1.82, 2.24) is 0 Å². The van der Waals surface area contributed by atoms with Gasteiger partial charge in [0, 0.05) is 5.56 Å². The Hall–Kier alpha value is -1.64. The molecule has 0 aromatic heterocycles. The zero-order valence-electron chi connectivity index (χ0n) is 8.32. The van der Waals surface area contributed by atoms with Gasteiger partial charge in [-0.25, -0.2) is 0 Å². The molecule has 0 aliphatic rings. The largest absolute Gasteiger partial charge is 0.504 e. The molecule has 0 unspecified atom stereocenters. The van der Waals surface area contributed by atoms with Gasteiger partial charge < -0.3 is 14.9 Å². The van der Waals surface area contributed by atoms with Crippen molar-refractivity contribution in [3.63, 3.8) is 0 Å². The first kappa shape index (κ1) is 10.4. The van der Waals surface area contributed by atoms with Crippen LogP contribution in [0.1, 0.15) is 19.4 Å². The van der Waals surface area contributed by atoms with Gasteiger partial charge >= 0.3 is 0 Å². The molecule has 0 saturated carbocycles. The summed E-state index contributed by atoms with van der Waals surface area (Å²) in [5, 5.41) is 18.3. The Morgan fingerprint density at radius 1 is 1.29 bits per heavy atom. The van der Waals surface area contributed by atoms with E-state index >= 15 is 0 Å². The number of phenols is 2. The van der Waals surface area contributed by atoms with Gasteiger partial charge in [0.2, 0.25) is 0 Å². The highest BCUT2D eigenvalue weighted by molar-refractivity contribution is 5.61. The fourth-order valence-corrected chi connectivity index (χ4v) is 1.05. The third-order valence-electron chi connectivity index (χ3n) is 1.68. The summed E-state index contributed by atoms with van der Waals surface area (Å²) in [5.41, 5.74) is 0.661. The van der Waals surface area contributed by atoms with E-state index in [-0.39, 0.29) is 17.6 Å². The molecule has 0 spiro atoms. The lowest BCUT2D eigenvalue weighted by atomic mass is 10.2. The first-order valence-corrected chi connectivity index (χ1v) is 4.38. The second-order valence-electron chi connectivity index (χ2n) is 3.29. The maximum atomic E-state index is 9.24. The summed E-state index contributed by atoms with van der Waals surface area (Å²) in [6.07, 6.45) is 0.0402. The average molecular weight is 194 g/mol. The van der Waals surface area contributed by atoms with Gasteiger partial charge in [-0.05, 0) is 32.0 Å². The molecule has 3 heteroatoms. The van der Waals surface area contributed by atoms with E-state index in [0.29, 0.717) is 11.3 Å². The van der Waals surface area contributed by atoms with Crippen LogP contribution in [0.25, 0.3) is 5.76 Å². The quantitative estimate of drug-likeness (QED) is 0.574. The van der Waals surface area contributed by atoms with E-state index in [4.69, 9.17) is 9.84 Å². The summed E-state index contributed by atoms with van der Waals surface area (Å²) >= 11 is 0. The molecule has 0 heterocycles. The van der Waals surface area contributed by atoms with E-state index in [1.807, 2.05) is 13.8 Å². The lowest BCUT2D eigenvalue weighted by Crippen LogP contribution is -2.00. The van der Waals surface area contributed by atoms with Gasteiger partial charge in [0.15, 0.2) is 11.5 Å². The molecule has 1 aromatic rings. The number of ether oxygens (including phenoxy) is 1. The molecule has 0 bridgehead atoms. The van der Waals surface area contributed by atoms with Gasteiger partial charge in [-0.15, -0.1) is 0 Å². The first-order chi connectivity index (χ1) is 6.50. The summed E-state index contributed by atoms with van der Waals surface area (Å²) in [7, 11) is 0. The van der Waals surface area contributed by atoms with Crippen LogP contribution in [0.2, 0.25) is 0 Å². The maximum Gasteiger partial charge on any atom is 0.158 e. The Labute approximate surface area is 83.3 Å². The van der Waals surface area contributed by atoms with E-state index in [0.717, 1.165) is 0 Å². The summed E-state index contributed by atoms with van der Waals surface area (Å²) in [6.45, 7) is 7.51. The number of hydrogen-bond donors (Lipinski definition) is 2. The fraction of sp³-hybridized carbons (Fsp3) is 0.273. The smallest absolute Gasteiger partial charge is 0.158 e. The molecule has 0 saturated heterocycles. The van der Waals surface area contributed by atoms with Crippen molar-refractivity contribution in [2.75, 3.05) is 0 Å². The van der Waals surface area contributed by atoms with Gasteiger partial charge in [-0.3, -0.25) is 0 Å². The van der Waals surface area contributed by atoms with Gasteiger partial charge in [0.05, 0.1) is 6.10 Å². The van der Waals surface area contributed by atoms with E-state index < -0.39 is 0 Å². The second kappa shape index (κ2) is 4.05. The molecular formula is C11H14O3. The highest BCUT2D eigenvalue weighted by Crippen LogP contribution is 2.28. The summed E-state index contributed by atoms with van der Waals surface area (Å²) < 4.78 is 5.34. The predicted molar refractivity (Wildman–Crippen MR) is 55.0 cm³/mol. The lowest BCUT2D eigenvalue weighted by Gasteiger charge is -2.12. The molecule has 1 aromatic carbocycles. The molecule has 2 N–H and O–H groups in total. The normalized spacial score (nSPS) is 10.2. The molecule has 0 aliphatic heterocycles. The van der Waals surface area contributed by atoms with Crippen LogP contribution in [0.4, 0.5) is 0 Å². The number of aromatic hydroxyl groups is 2. The van der Waals surface area contributed by atoms with Crippen LogP contribution in [0.5, 0.6) is 11.5 Å². The number of phenolic OH excluding ortho intramolecular Hbond substituents is 2. The highest BCUT2D eigenvalue weighted by Gasteiger charge is 2.05. The van der Waals surface area contributed by atoms with Crippen LogP contribution in [0.15, 0.2) is 24.8 Å². The van der Waals surface area contributed by atoms with Crippen LogP contribution in [-0.4, -0.2) is 16.3 Å². The van der Waals surface area contributed by atoms with Crippen LogP contribution in [0, 0.1) is 0 Å². The van der Waals surface area contributed by atoms with Crippen molar-refractivity contribution >= 4 is 5.76 Å². The Morgan fingerprint density at radius 2 is 1.93 bits per heavy atom. The number of hydrogen-bond acceptors (Lipinski definition) is 3. The molecule has 0 aliphatic carbocycles. The van der Waals surface area contributed by atoms with Crippen molar-refractivity contribution in [1.29, 1.82) is 0 Å². The molecular weight excluding hydrogens is 180 g/mol. The van der Waals surface area contributed by atoms with Crippen molar-refractivity contribution < 1.29 is 14.9 Å². The zero-order valence-corrected chi connectivity index (χ0v) is 8.32. The van der Waals surface area contributed by atoms with Crippen LogP contribution < -0.4 is 0 Å². The van der Waals surface area contributed by atoms with Crippen LogP contribution in [0.3, 0.4) is 0 Å². The maximum absolute atomic E-state index is 9.24. The minimum absolute atomic E-state index is 0.0402. The molecule has 0 atom stereocenters. The Balaban J connectivity index is 2.86. The van der Waals surface area contributed by atoms with Crippen molar-refractivity contribution in [2.45, 2.75) is 20.0 Å². The molecule has 3 nitrogen and oxygen atoms in total. The molecule has 1 rings (SSSR count). The van der Waals surface area contributed by atoms with Crippen LogP contribution >= 0.6 is 0 Å². The van der Waals surface area contributed by atoms with E-state index in [1.165, 1.54) is 12.1 Å². The summed E-state index contributed by atoms with van der Waals surface area (Å²) in [4.78, 5) is 0. The summed E-state index contributed by atoms with van der Waals surface area (Å²) in [5.74, 6) is 0.164. The van der Waals surface area contributed by atoms with Crippen molar-refractivity contribution in [3.05, 3.63) is 30.3 Å². The van der Waals surface area contributed by atoms with Gasteiger partial charge in [-0.2, -0.15) is 0 Å². The number of benzene rings is 1. The highest BCUT2D eigenvalue weighted by atomic mass is 16.5. The molecule has 0 radical (unpaired) electrons. The van der Waals surface area contributed by atoms with Gasteiger partial charge in [0.1, 0.15) is 5.76 Å². The zero-order chi connectivity index (χ0) is 10.7. The fourth-order valence-electron chi connectivity index (χ4n) is 1.05. The Morgan fingerprint density at radius 3 is 2.43 bits per heavy atom. The van der Waals surface area contributed by atoms with Crippen molar-refractivity contribution in [2.24, 2.45) is 0 Å². The van der Waals surface area contributed by atoms with Gasteiger partial charge in [0.25, 0.3) is 0 Å². The molecule has 76 valence electrons. The minimum atomic E-state index is -0.170. The van der Waals surface area contributed by atoms with E-state index in [2.05, 4.69) is 6.58 Å². The monoisotopic (exact) mass is 194 g/mol. The third kappa shape index (κ3) is 2.42. The molecule has 0 amide bonds. The lowest BCUT2D eigenvalue weighted by molar-refractivity contribution is 0.205. The summed E-state index contributed by atoms with van der Waals surface area (Å²) in [6, 6.07) is 4.46. The van der Waals surface area contributed by atoms with E-state index in [1.54, 1.807) is 6.07 Å². The standard InChI is InChI=1S/C11H14O3/c1-7(2)14-8(3)9-4-5-10(12)11(13)6-9/h4-7,12-13H,3H2,1-2H3. The molecule has 14 heavy (non-hydrogen) atoms.